The first-order valence-electron chi connectivity index (χ1n) is 6.77. The van der Waals surface area contributed by atoms with Crippen LogP contribution in [-0.4, -0.2) is 27.4 Å². The smallest absolute Gasteiger partial charge is 0.221 e. The van der Waals surface area contributed by atoms with E-state index in [0.717, 1.165) is 5.56 Å². The number of nitrogens with one attached hydrogen (secondary N) is 1. The van der Waals surface area contributed by atoms with E-state index < -0.39 is 0 Å². The molecule has 5 nitrogen and oxygen atoms in total. The van der Waals surface area contributed by atoms with Gasteiger partial charge < -0.3 is 5.32 Å². The number of amides is 1. The number of carbonyl (C=O) groups excluding carboxylic acids is 2. The quantitative estimate of drug-likeness (QED) is 0.506. The molecule has 1 aromatic heterocycles. The number of allylic oxidation sites excluding steroid dienone is 1. The van der Waals surface area contributed by atoms with Crippen LogP contribution in [0.4, 0.5) is 5.69 Å². The molecule has 2 aromatic rings. The maximum atomic E-state index is 12.1. The van der Waals surface area contributed by atoms with Gasteiger partial charge in [0.1, 0.15) is 0 Å². The lowest BCUT2D eigenvalue weighted by Gasteiger charge is -2.03. The second-order valence-electron chi connectivity index (χ2n) is 4.69. The first kappa shape index (κ1) is 16.0. The maximum absolute atomic E-state index is 12.1. The molecule has 0 aliphatic heterocycles. The molecule has 0 saturated carbocycles. The van der Waals surface area contributed by atoms with E-state index in [4.69, 9.17) is 11.6 Å². The summed E-state index contributed by atoms with van der Waals surface area (Å²) in [5.74, 6) is 0.170. The Kier molecular flexibility index (Phi) is 5.49. The first-order valence-corrected chi connectivity index (χ1v) is 7.30. The zero-order valence-electron chi connectivity index (χ0n) is 12.1. The lowest BCUT2D eigenvalue weighted by molar-refractivity contribution is -0.114. The Hall–Kier alpha value is -2.40. The number of benzene rings is 1. The minimum absolute atomic E-state index is 0.141. The lowest BCUT2D eigenvalue weighted by Crippen LogP contribution is -2.06. The van der Waals surface area contributed by atoms with Crippen LogP contribution in [0.15, 0.2) is 42.7 Å². The Morgan fingerprint density at radius 2 is 2.23 bits per heavy atom. The van der Waals surface area contributed by atoms with E-state index in [0.29, 0.717) is 23.7 Å². The van der Waals surface area contributed by atoms with Gasteiger partial charge in [-0.3, -0.25) is 14.3 Å². The molecule has 1 heterocycles. The van der Waals surface area contributed by atoms with Gasteiger partial charge in [0.25, 0.3) is 0 Å². The number of rotatable bonds is 6. The van der Waals surface area contributed by atoms with Crippen molar-refractivity contribution >= 4 is 35.1 Å². The van der Waals surface area contributed by atoms with Gasteiger partial charge in [0, 0.05) is 35.8 Å². The molecule has 1 aromatic carbocycles. The second kappa shape index (κ2) is 7.56. The number of carbonyl (C=O) groups is 2. The molecular formula is C16H16ClN3O2. The fourth-order valence-corrected chi connectivity index (χ4v) is 2.07. The zero-order valence-corrected chi connectivity index (χ0v) is 12.9. The minimum Gasteiger partial charge on any atom is -0.326 e. The molecule has 0 aliphatic rings. The predicted octanol–water partition coefficient (Wildman–Crippen LogP) is 2.98. The number of ketones is 1. The fourth-order valence-electron chi connectivity index (χ4n) is 1.90. The van der Waals surface area contributed by atoms with Crippen molar-refractivity contribution in [2.24, 2.45) is 0 Å². The number of hydrogen-bond donors (Lipinski definition) is 1. The summed E-state index contributed by atoms with van der Waals surface area (Å²) < 4.78 is 1.72. The fraction of sp³-hybridized carbons (Fsp3) is 0.188. The average molecular weight is 318 g/mol. The molecule has 114 valence electrons. The van der Waals surface area contributed by atoms with Crippen LogP contribution in [0.1, 0.15) is 22.8 Å². The molecule has 0 saturated heterocycles. The molecule has 0 spiro atoms. The van der Waals surface area contributed by atoms with Crippen LogP contribution in [0.2, 0.25) is 0 Å². The summed E-state index contributed by atoms with van der Waals surface area (Å²) in [5.41, 5.74) is 1.94. The van der Waals surface area contributed by atoms with Gasteiger partial charge in [-0.25, -0.2) is 0 Å². The Bertz CT molecular complexity index is 707. The zero-order chi connectivity index (χ0) is 15.9. The van der Waals surface area contributed by atoms with Crippen LogP contribution in [0.5, 0.6) is 0 Å². The van der Waals surface area contributed by atoms with Crippen LogP contribution in [0.3, 0.4) is 0 Å². The van der Waals surface area contributed by atoms with E-state index in [9.17, 15) is 9.59 Å². The number of halogens is 1. The SMILES string of the molecule is CC(=O)Nc1cccc(C(=O)/C=C/c2cnn(CCCl)c2)c1. The van der Waals surface area contributed by atoms with Gasteiger partial charge in [0.2, 0.25) is 5.91 Å². The van der Waals surface area contributed by atoms with Gasteiger partial charge in [-0.15, -0.1) is 11.6 Å². The highest BCUT2D eigenvalue weighted by Gasteiger charge is 2.04. The number of alkyl halides is 1. The number of aromatic nitrogens is 2. The normalized spacial score (nSPS) is 10.8. The molecule has 0 aliphatic carbocycles. The van der Waals surface area contributed by atoms with E-state index in [1.165, 1.54) is 13.0 Å². The molecule has 6 heteroatoms. The summed E-state index contributed by atoms with van der Waals surface area (Å²) in [6.45, 7) is 2.05. The predicted molar refractivity (Wildman–Crippen MR) is 87.1 cm³/mol. The van der Waals surface area contributed by atoms with Gasteiger partial charge in [-0.05, 0) is 24.3 Å². The summed E-state index contributed by atoms with van der Waals surface area (Å²) in [7, 11) is 0. The highest BCUT2D eigenvalue weighted by molar-refractivity contribution is 6.17. The molecule has 0 bridgehead atoms. The highest BCUT2D eigenvalue weighted by Crippen LogP contribution is 2.12. The first-order chi connectivity index (χ1) is 10.6. The standard InChI is InChI=1S/C16H16ClN3O2/c1-12(21)19-15-4-2-3-14(9-15)16(22)6-5-13-10-18-20(11-13)8-7-17/h2-6,9-11H,7-8H2,1H3,(H,19,21)/b6-5+. The van der Waals surface area contributed by atoms with Gasteiger partial charge >= 0.3 is 0 Å². The molecule has 2 rings (SSSR count). The van der Waals surface area contributed by atoms with Crippen molar-refractivity contribution in [2.45, 2.75) is 13.5 Å². The van der Waals surface area contributed by atoms with Gasteiger partial charge in [0.15, 0.2) is 5.78 Å². The third-order valence-corrected chi connectivity index (χ3v) is 3.03. The van der Waals surface area contributed by atoms with Crippen molar-refractivity contribution in [3.63, 3.8) is 0 Å². The second-order valence-corrected chi connectivity index (χ2v) is 5.06. The van der Waals surface area contributed by atoms with Crippen molar-refractivity contribution in [1.29, 1.82) is 0 Å². The van der Waals surface area contributed by atoms with Crippen LogP contribution < -0.4 is 5.32 Å². The van der Waals surface area contributed by atoms with Crippen LogP contribution in [-0.2, 0) is 11.3 Å². The van der Waals surface area contributed by atoms with E-state index in [2.05, 4.69) is 10.4 Å². The molecule has 1 amide bonds. The number of nitrogens with zero attached hydrogens (tertiary/aromatic N) is 2. The molecule has 22 heavy (non-hydrogen) atoms. The molecule has 0 atom stereocenters. The third-order valence-electron chi connectivity index (χ3n) is 2.86. The third kappa shape index (κ3) is 4.56. The molecular weight excluding hydrogens is 302 g/mol. The van der Waals surface area contributed by atoms with Crippen LogP contribution >= 0.6 is 11.6 Å². The summed E-state index contributed by atoms with van der Waals surface area (Å²) in [6.07, 6.45) is 6.67. The monoisotopic (exact) mass is 317 g/mol. The number of anilines is 1. The Morgan fingerprint density at radius 1 is 1.41 bits per heavy atom. The summed E-state index contributed by atoms with van der Waals surface area (Å²) in [4.78, 5) is 23.2. The van der Waals surface area contributed by atoms with Crippen molar-refractivity contribution in [3.05, 3.63) is 53.9 Å². The average Bonchev–Trinajstić information content (AvgIpc) is 2.92. The molecule has 0 unspecified atom stereocenters. The Labute approximate surface area is 133 Å². The van der Waals surface area contributed by atoms with Gasteiger partial charge in [-0.2, -0.15) is 5.10 Å². The molecule has 0 fully saturated rings. The van der Waals surface area contributed by atoms with Crippen LogP contribution in [0, 0.1) is 0 Å². The molecule has 0 radical (unpaired) electrons. The minimum atomic E-state index is -0.174. The van der Waals surface area contributed by atoms with Crippen molar-refractivity contribution < 1.29 is 9.59 Å². The van der Waals surface area contributed by atoms with E-state index in [-0.39, 0.29) is 11.7 Å². The van der Waals surface area contributed by atoms with Crippen molar-refractivity contribution in [3.8, 4) is 0 Å². The Balaban J connectivity index is 2.07. The maximum Gasteiger partial charge on any atom is 0.221 e. The van der Waals surface area contributed by atoms with Crippen molar-refractivity contribution in [1.82, 2.24) is 9.78 Å². The lowest BCUT2D eigenvalue weighted by atomic mass is 10.1. The largest absolute Gasteiger partial charge is 0.326 e. The van der Waals surface area contributed by atoms with E-state index in [1.807, 2.05) is 6.20 Å². The number of hydrogen-bond acceptors (Lipinski definition) is 3. The van der Waals surface area contributed by atoms with Crippen LogP contribution in [0.25, 0.3) is 6.08 Å². The summed E-state index contributed by atoms with van der Waals surface area (Å²) >= 11 is 5.64. The highest BCUT2D eigenvalue weighted by atomic mass is 35.5. The summed E-state index contributed by atoms with van der Waals surface area (Å²) in [6, 6.07) is 6.81. The van der Waals surface area contributed by atoms with E-state index in [1.54, 1.807) is 41.2 Å². The Morgan fingerprint density at radius 3 is 2.95 bits per heavy atom. The van der Waals surface area contributed by atoms with E-state index >= 15 is 0 Å². The van der Waals surface area contributed by atoms with Gasteiger partial charge in [-0.1, -0.05) is 12.1 Å². The summed E-state index contributed by atoms with van der Waals surface area (Å²) in [5, 5.41) is 6.78. The van der Waals surface area contributed by atoms with Crippen molar-refractivity contribution in [2.75, 3.05) is 11.2 Å². The van der Waals surface area contributed by atoms with Gasteiger partial charge in [0.05, 0.1) is 12.7 Å². The molecule has 1 N–H and O–H groups in total. The topological polar surface area (TPSA) is 64.0 Å². The number of aryl methyl sites for hydroxylation is 1.